The SMILES string of the molecule is CCCC1OC(=O)CC1c1ccccc1. The van der Waals surface area contributed by atoms with Crippen molar-refractivity contribution in [3.05, 3.63) is 35.9 Å². The smallest absolute Gasteiger partial charge is 0.306 e. The van der Waals surface area contributed by atoms with Gasteiger partial charge in [-0.05, 0) is 12.0 Å². The van der Waals surface area contributed by atoms with E-state index in [1.807, 2.05) is 18.2 Å². The minimum atomic E-state index is -0.0534. The summed E-state index contributed by atoms with van der Waals surface area (Å²) in [6.07, 6.45) is 2.64. The van der Waals surface area contributed by atoms with Gasteiger partial charge in [0.2, 0.25) is 0 Å². The lowest BCUT2D eigenvalue weighted by Gasteiger charge is -2.16. The first kappa shape index (κ1) is 10.2. The van der Waals surface area contributed by atoms with Gasteiger partial charge in [0.25, 0.3) is 0 Å². The topological polar surface area (TPSA) is 26.3 Å². The first-order chi connectivity index (χ1) is 7.31. The van der Waals surface area contributed by atoms with Crippen LogP contribution in [0, 0.1) is 0 Å². The van der Waals surface area contributed by atoms with Crippen molar-refractivity contribution in [2.75, 3.05) is 0 Å². The van der Waals surface area contributed by atoms with Crippen LogP contribution in [0.15, 0.2) is 30.3 Å². The predicted octanol–water partition coefficient (Wildman–Crippen LogP) is 2.89. The van der Waals surface area contributed by atoms with E-state index in [2.05, 4.69) is 19.1 Å². The second-order valence-corrected chi connectivity index (χ2v) is 4.04. The first-order valence-corrected chi connectivity index (χ1v) is 5.55. The third-order valence-corrected chi connectivity index (χ3v) is 2.92. The molecule has 0 N–H and O–H groups in total. The molecule has 2 unspecified atom stereocenters. The Bertz CT molecular complexity index is 332. The van der Waals surface area contributed by atoms with Crippen molar-refractivity contribution >= 4 is 5.97 Å². The maximum Gasteiger partial charge on any atom is 0.306 e. The average molecular weight is 204 g/mol. The van der Waals surface area contributed by atoms with E-state index in [9.17, 15) is 4.79 Å². The van der Waals surface area contributed by atoms with Crippen molar-refractivity contribution in [3.63, 3.8) is 0 Å². The molecule has 15 heavy (non-hydrogen) atoms. The molecule has 0 amide bonds. The molecular weight excluding hydrogens is 188 g/mol. The number of ether oxygens (including phenoxy) is 1. The van der Waals surface area contributed by atoms with Crippen molar-refractivity contribution in [1.29, 1.82) is 0 Å². The highest BCUT2D eigenvalue weighted by atomic mass is 16.5. The Hall–Kier alpha value is -1.31. The Morgan fingerprint density at radius 3 is 2.73 bits per heavy atom. The van der Waals surface area contributed by atoms with Gasteiger partial charge in [-0.25, -0.2) is 0 Å². The van der Waals surface area contributed by atoms with Crippen molar-refractivity contribution in [2.45, 2.75) is 38.2 Å². The largest absolute Gasteiger partial charge is 0.462 e. The standard InChI is InChI=1S/C13H16O2/c1-2-6-12-11(9-13(14)15-12)10-7-4-3-5-8-10/h3-5,7-8,11-12H,2,6,9H2,1H3. The van der Waals surface area contributed by atoms with E-state index in [0.717, 1.165) is 12.8 Å². The lowest BCUT2D eigenvalue weighted by molar-refractivity contribution is -0.141. The lowest BCUT2D eigenvalue weighted by Crippen LogP contribution is -2.13. The Kier molecular flexibility index (Phi) is 3.05. The maximum absolute atomic E-state index is 11.3. The molecule has 0 aliphatic carbocycles. The molecule has 1 aliphatic heterocycles. The van der Waals surface area contributed by atoms with E-state index in [1.54, 1.807) is 0 Å². The highest BCUT2D eigenvalue weighted by Crippen LogP contribution is 2.34. The molecular formula is C13H16O2. The van der Waals surface area contributed by atoms with E-state index in [1.165, 1.54) is 5.56 Å². The molecule has 1 aromatic carbocycles. The molecule has 80 valence electrons. The third-order valence-electron chi connectivity index (χ3n) is 2.92. The molecule has 2 atom stereocenters. The van der Waals surface area contributed by atoms with Crippen LogP contribution in [0.25, 0.3) is 0 Å². The zero-order valence-electron chi connectivity index (χ0n) is 8.98. The van der Waals surface area contributed by atoms with Crippen LogP contribution in [-0.2, 0) is 9.53 Å². The van der Waals surface area contributed by atoms with E-state index in [4.69, 9.17) is 4.74 Å². The molecule has 1 heterocycles. The summed E-state index contributed by atoms with van der Waals surface area (Å²) < 4.78 is 5.33. The summed E-state index contributed by atoms with van der Waals surface area (Å²) in [6, 6.07) is 10.2. The monoisotopic (exact) mass is 204 g/mol. The Morgan fingerprint density at radius 2 is 2.07 bits per heavy atom. The van der Waals surface area contributed by atoms with Gasteiger partial charge in [0.1, 0.15) is 6.10 Å². The van der Waals surface area contributed by atoms with Crippen LogP contribution in [-0.4, -0.2) is 12.1 Å². The summed E-state index contributed by atoms with van der Waals surface area (Å²) in [4.78, 5) is 11.3. The quantitative estimate of drug-likeness (QED) is 0.708. The molecule has 0 aromatic heterocycles. The van der Waals surface area contributed by atoms with Gasteiger partial charge in [-0.15, -0.1) is 0 Å². The number of rotatable bonds is 3. The number of hydrogen-bond donors (Lipinski definition) is 0. The zero-order chi connectivity index (χ0) is 10.7. The van der Waals surface area contributed by atoms with E-state index >= 15 is 0 Å². The third kappa shape index (κ3) is 2.20. The van der Waals surface area contributed by atoms with Crippen LogP contribution >= 0.6 is 0 Å². The first-order valence-electron chi connectivity index (χ1n) is 5.55. The predicted molar refractivity (Wildman–Crippen MR) is 58.6 cm³/mol. The summed E-state index contributed by atoms with van der Waals surface area (Å²) in [7, 11) is 0. The van der Waals surface area contributed by atoms with Crippen LogP contribution in [0.4, 0.5) is 0 Å². The average Bonchev–Trinajstić information content (AvgIpc) is 2.62. The van der Waals surface area contributed by atoms with Crippen LogP contribution in [0.1, 0.15) is 37.7 Å². The van der Waals surface area contributed by atoms with Gasteiger partial charge in [-0.2, -0.15) is 0 Å². The van der Waals surface area contributed by atoms with Crippen molar-refractivity contribution in [3.8, 4) is 0 Å². The van der Waals surface area contributed by atoms with Crippen molar-refractivity contribution in [1.82, 2.24) is 0 Å². The van der Waals surface area contributed by atoms with Crippen LogP contribution < -0.4 is 0 Å². The van der Waals surface area contributed by atoms with Crippen LogP contribution in [0.2, 0.25) is 0 Å². The number of hydrogen-bond acceptors (Lipinski definition) is 2. The van der Waals surface area contributed by atoms with Gasteiger partial charge in [-0.1, -0.05) is 43.7 Å². The van der Waals surface area contributed by atoms with Gasteiger partial charge >= 0.3 is 5.97 Å². The lowest BCUT2D eigenvalue weighted by atomic mass is 9.90. The van der Waals surface area contributed by atoms with Crippen molar-refractivity contribution < 1.29 is 9.53 Å². The second-order valence-electron chi connectivity index (χ2n) is 4.04. The van der Waals surface area contributed by atoms with Gasteiger partial charge in [0, 0.05) is 5.92 Å². The number of esters is 1. The Morgan fingerprint density at radius 1 is 1.33 bits per heavy atom. The summed E-state index contributed by atoms with van der Waals surface area (Å²) in [5.41, 5.74) is 1.22. The summed E-state index contributed by atoms with van der Waals surface area (Å²) >= 11 is 0. The highest BCUT2D eigenvalue weighted by molar-refractivity contribution is 5.73. The minimum Gasteiger partial charge on any atom is -0.462 e. The molecule has 2 nitrogen and oxygen atoms in total. The highest BCUT2D eigenvalue weighted by Gasteiger charge is 2.34. The van der Waals surface area contributed by atoms with Gasteiger partial charge < -0.3 is 4.74 Å². The van der Waals surface area contributed by atoms with Gasteiger partial charge in [0.05, 0.1) is 6.42 Å². The molecule has 0 bridgehead atoms. The second kappa shape index (κ2) is 4.47. The normalized spacial score (nSPS) is 25.3. The maximum atomic E-state index is 11.3. The molecule has 1 aliphatic rings. The van der Waals surface area contributed by atoms with E-state index in [0.29, 0.717) is 6.42 Å². The summed E-state index contributed by atoms with van der Waals surface area (Å²) in [5, 5.41) is 0. The summed E-state index contributed by atoms with van der Waals surface area (Å²) in [6.45, 7) is 2.12. The minimum absolute atomic E-state index is 0.0534. The fraction of sp³-hybridized carbons (Fsp3) is 0.462. The molecule has 0 saturated carbocycles. The number of carbonyl (C=O) groups excluding carboxylic acids is 1. The molecule has 2 rings (SSSR count). The molecule has 1 saturated heterocycles. The number of cyclic esters (lactones) is 1. The fourth-order valence-corrected chi connectivity index (χ4v) is 2.19. The van der Waals surface area contributed by atoms with Gasteiger partial charge in [-0.3, -0.25) is 4.79 Å². The number of carbonyl (C=O) groups is 1. The van der Waals surface area contributed by atoms with Gasteiger partial charge in [0.15, 0.2) is 0 Å². The molecule has 0 spiro atoms. The zero-order valence-corrected chi connectivity index (χ0v) is 8.98. The Labute approximate surface area is 90.3 Å². The van der Waals surface area contributed by atoms with E-state index in [-0.39, 0.29) is 18.0 Å². The van der Waals surface area contributed by atoms with E-state index < -0.39 is 0 Å². The van der Waals surface area contributed by atoms with Crippen LogP contribution in [0.3, 0.4) is 0 Å². The molecule has 2 heteroatoms. The fourth-order valence-electron chi connectivity index (χ4n) is 2.19. The van der Waals surface area contributed by atoms with Crippen LogP contribution in [0.5, 0.6) is 0 Å². The Balaban J connectivity index is 2.17. The van der Waals surface area contributed by atoms with Crippen molar-refractivity contribution in [2.24, 2.45) is 0 Å². The number of benzene rings is 1. The molecule has 0 radical (unpaired) electrons. The molecule has 1 aromatic rings. The molecule has 1 fully saturated rings. The summed E-state index contributed by atoms with van der Waals surface area (Å²) in [5.74, 6) is 0.209.